The Morgan fingerprint density at radius 2 is 1.85 bits per heavy atom. The normalized spacial score (nSPS) is 11.1. The summed E-state index contributed by atoms with van der Waals surface area (Å²) in [5.74, 6) is -0.270. The van der Waals surface area contributed by atoms with Gasteiger partial charge in [-0.3, -0.25) is 4.79 Å². The van der Waals surface area contributed by atoms with Gasteiger partial charge in [0, 0.05) is 33.2 Å². The summed E-state index contributed by atoms with van der Waals surface area (Å²) >= 11 is 5.84. The first-order chi connectivity index (χ1) is 13.0. The second-order valence-electron chi connectivity index (χ2n) is 6.35. The zero-order valence-corrected chi connectivity index (χ0v) is 16.4. The predicted octanol–water partition coefficient (Wildman–Crippen LogP) is 5.07. The Balaban J connectivity index is 1.81. The van der Waals surface area contributed by atoms with Gasteiger partial charge in [0.1, 0.15) is 0 Å². The predicted molar refractivity (Wildman–Crippen MR) is 111 cm³/mol. The molecule has 0 aliphatic rings. The Labute approximate surface area is 164 Å². The third-order valence-corrected chi connectivity index (χ3v) is 4.81. The van der Waals surface area contributed by atoms with Crippen LogP contribution in [0.2, 0.25) is 5.02 Å². The molecular formula is C22H22ClN3O. The van der Waals surface area contributed by atoms with Crippen molar-refractivity contribution in [3.8, 4) is 5.69 Å². The Bertz CT molecular complexity index is 987. The van der Waals surface area contributed by atoms with E-state index in [4.69, 9.17) is 11.6 Å². The van der Waals surface area contributed by atoms with E-state index in [1.807, 2.05) is 6.07 Å². The van der Waals surface area contributed by atoms with Crippen LogP contribution < -0.4 is 5.43 Å². The van der Waals surface area contributed by atoms with Crippen molar-refractivity contribution in [3.05, 3.63) is 87.7 Å². The van der Waals surface area contributed by atoms with Gasteiger partial charge in [0.25, 0.3) is 5.91 Å². The van der Waals surface area contributed by atoms with Gasteiger partial charge in [-0.15, -0.1) is 0 Å². The molecule has 0 spiro atoms. The van der Waals surface area contributed by atoms with Gasteiger partial charge in [-0.2, -0.15) is 5.10 Å². The van der Waals surface area contributed by atoms with E-state index in [-0.39, 0.29) is 5.91 Å². The number of nitrogens with one attached hydrogen (secondary N) is 1. The maximum atomic E-state index is 12.1. The molecule has 4 nitrogen and oxygen atoms in total. The molecule has 1 N–H and O–H groups in total. The molecule has 0 bridgehead atoms. The van der Waals surface area contributed by atoms with Crippen LogP contribution in [-0.2, 0) is 6.42 Å². The maximum Gasteiger partial charge on any atom is 0.271 e. The number of carbonyl (C=O) groups is 1. The molecule has 3 rings (SSSR count). The third-order valence-electron chi connectivity index (χ3n) is 4.56. The fourth-order valence-corrected chi connectivity index (χ4v) is 3.27. The highest BCUT2D eigenvalue weighted by molar-refractivity contribution is 6.30. The van der Waals surface area contributed by atoms with Crippen LogP contribution in [0, 0.1) is 13.8 Å². The largest absolute Gasteiger partial charge is 0.318 e. The first kappa shape index (κ1) is 18.9. The maximum absolute atomic E-state index is 12.1. The molecule has 138 valence electrons. The molecule has 5 heteroatoms. The van der Waals surface area contributed by atoms with Crippen LogP contribution in [-0.4, -0.2) is 16.7 Å². The molecule has 2 aromatic carbocycles. The molecule has 1 amide bonds. The molecule has 0 saturated carbocycles. The number of hydrogen-bond donors (Lipinski definition) is 1. The van der Waals surface area contributed by atoms with Crippen molar-refractivity contribution in [1.29, 1.82) is 0 Å². The van der Waals surface area contributed by atoms with Crippen LogP contribution in [0.25, 0.3) is 5.69 Å². The minimum Gasteiger partial charge on any atom is -0.318 e. The molecule has 3 aromatic rings. The van der Waals surface area contributed by atoms with E-state index in [1.54, 1.807) is 30.5 Å². The molecule has 1 heterocycles. The van der Waals surface area contributed by atoms with Gasteiger partial charge in [0.15, 0.2) is 0 Å². The standard InChI is InChI=1S/C22H22ClN3O/c1-4-17-7-5-6-8-21(17)26-15(2)13-19(16(26)3)14-24-25-22(27)18-9-11-20(23)12-10-18/h5-14H,4H2,1-3H3,(H,25,27)/b24-14-. The number of amides is 1. The molecule has 0 aliphatic heterocycles. The molecule has 0 aliphatic carbocycles. The second kappa shape index (κ2) is 8.23. The fraction of sp³-hybridized carbons (Fsp3) is 0.182. The smallest absolute Gasteiger partial charge is 0.271 e. The van der Waals surface area contributed by atoms with E-state index >= 15 is 0 Å². The lowest BCUT2D eigenvalue weighted by Gasteiger charge is -2.13. The first-order valence-corrected chi connectivity index (χ1v) is 9.25. The summed E-state index contributed by atoms with van der Waals surface area (Å²) < 4.78 is 2.22. The van der Waals surface area contributed by atoms with Gasteiger partial charge in [0.2, 0.25) is 0 Å². The van der Waals surface area contributed by atoms with E-state index in [9.17, 15) is 4.79 Å². The lowest BCUT2D eigenvalue weighted by Crippen LogP contribution is -2.17. The van der Waals surface area contributed by atoms with E-state index in [1.165, 1.54) is 11.3 Å². The van der Waals surface area contributed by atoms with E-state index in [0.717, 1.165) is 23.4 Å². The van der Waals surface area contributed by atoms with Crippen molar-refractivity contribution in [2.24, 2.45) is 5.10 Å². The van der Waals surface area contributed by atoms with Crippen molar-refractivity contribution in [3.63, 3.8) is 0 Å². The number of hydrazone groups is 1. The van der Waals surface area contributed by atoms with Gasteiger partial charge < -0.3 is 4.57 Å². The summed E-state index contributed by atoms with van der Waals surface area (Å²) in [6, 6.07) is 17.1. The number of benzene rings is 2. The van der Waals surface area contributed by atoms with Crippen LogP contribution in [0.1, 0.15) is 39.8 Å². The number of halogens is 1. The fourth-order valence-electron chi connectivity index (χ4n) is 3.14. The van der Waals surface area contributed by atoms with Gasteiger partial charge in [-0.1, -0.05) is 36.7 Å². The summed E-state index contributed by atoms with van der Waals surface area (Å²) in [5, 5.41) is 4.71. The van der Waals surface area contributed by atoms with Gasteiger partial charge in [-0.05, 0) is 62.2 Å². The van der Waals surface area contributed by atoms with Gasteiger partial charge >= 0.3 is 0 Å². The summed E-state index contributed by atoms with van der Waals surface area (Å²) in [7, 11) is 0. The number of aryl methyl sites for hydroxylation is 2. The molecule has 0 saturated heterocycles. The highest BCUT2D eigenvalue weighted by Crippen LogP contribution is 2.23. The molecule has 0 unspecified atom stereocenters. The lowest BCUT2D eigenvalue weighted by molar-refractivity contribution is 0.0955. The molecule has 0 atom stereocenters. The minimum absolute atomic E-state index is 0.270. The molecule has 1 aromatic heterocycles. The quantitative estimate of drug-likeness (QED) is 0.488. The first-order valence-electron chi connectivity index (χ1n) is 8.87. The number of hydrogen-bond acceptors (Lipinski definition) is 2. The summed E-state index contributed by atoms with van der Waals surface area (Å²) in [5.41, 5.74) is 8.72. The van der Waals surface area contributed by atoms with Crippen molar-refractivity contribution in [1.82, 2.24) is 9.99 Å². The highest BCUT2D eigenvalue weighted by Gasteiger charge is 2.12. The number of para-hydroxylation sites is 1. The molecular weight excluding hydrogens is 358 g/mol. The number of aromatic nitrogens is 1. The van der Waals surface area contributed by atoms with Crippen LogP contribution in [0.15, 0.2) is 59.7 Å². The van der Waals surface area contributed by atoms with Crippen LogP contribution >= 0.6 is 11.6 Å². The SMILES string of the molecule is CCc1ccccc1-n1c(C)cc(/C=N\NC(=O)c2ccc(Cl)cc2)c1C. The Morgan fingerprint density at radius 3 is 2.56 bits per heavy atom. The molecule has 27 heavy (non-hydrogen) atoms. The van der Waals surface area contributed by atoms with Crippen LogP contribution in [0.3, 0.4) is 0 Å². The van der Waals surface area contributed by atoms with Gasteiger partial charge in [-0.25, -0.2) is 5.43 Å². The monoisotopic (exact) mass is 379 g/mol. The van der Waals surface area contributed by atoms with Crippen molar-refractivity contribution in [2.45, 2.75) is 27.2 Å². The average molecular weight is 380 g/mol. The molecule has 0 radical (unpaired) electrons. The highest BCUT2D eigenvalue weighted by atomic mass is 35.5. The average Bonchev–Trinajstić information content (AvgIpc) is 2.95. The van der Waals surface area contributed by atoms with Crippen molar-refractivity contribution < 1.29 is 4.79 Å². The Hall–Kier alpha value is -2.85. The van der Waals surface area contributed by atoms with E-state index in [0.29, 0.717) is 10.6 Å². The second-order valence-corrected chi connectivity index (χ2v) is 6.79. The molecule has 0 fully saturated rings. The topological polar surface area (TPSA) is 46.4 Å². The van der Waals surface area contributed by atoms with Crippen LogP contribution in [0.4, 0.5) is 0 Å². The van der Waals surface area contributed by atoms with Crippen LogP contribution in [0.5, 0.6) is 0 Å². The minimum atomic E-state index is -0.270. The lowest BCUT2D eigenvalue weighted by atomic mass is 10.1. The zero-order valence-electron chi connectivity index (χ0n) is 15.7. The Morgan fingerprint density at radius 1 is 1.15 bits per heavy atom. The summed E-state index contributed by atoms with van der Waals surface area (Å²) in [4.78, 5) is 12.1. The zero-order chi connectivity index (χ0) is 19.4. The van der Waals surface area contributed by atoms with E-state index < -0.39 is 0 Å². The summed E-state index contributed by atoms with van der Waals surface area (Å²) in [6.07, 6.45) is 2.65. The van der Waals surface area contributed by atoms with E-state index in [2.05, 4.69) is 60.1 Å². The summed E-state index contributed by atoms with van der Waals surface area (Å²) in [6.45, 7) is 6.28. The van der Waals surface area contributed by atoms with Crippen molar-refractivity contribution >= 4 is 23.7 Å². The number of rotatable bonds is 5. The third kappa shape index (κ3) is 4.12. The Kier molecular flexibility index (Phi) is 5.77. The number of carbonyl (C=O) groups excluding carboxylic acids is 1. The van der Waals surface area contributed by atoms with Crippen molar-refractivity contribution in [2.75, 3.05) is 0 Å². The number of nitrogens with zero attached hydrogens (tertiary/aromatic N) is 2. The van der Waals surface area contributed by atoms with Gasteiger partial charge in [0.05, 0.1) is 6.21 Å².